The highest BCUT2D eigenvalue weighted by Crippen LogP contribution is 2.29. The van der Waals surface area contributed by atoms with Crippen molar-refractivity contribution in [2.75, 3.05) is 6.54 Å². The van der Waals surface area contributed by atoms with E-state index in [0.717, 1.165) is 36.2 Å². The lowest BCUT2D eigenvalue weighted by Gasteiger charge is -2.15. The SMILES string of the molecule is Cl.Fc1ccccc1COc1ccc2ccccc2c1CNCCCn1ccnc1. The molecule has 1 N–H and O–H groups in total. The van der Waals surface area contributed by atoms with Crippen LogP contribution in [0.25, 0.3) is 10.8 Å². The number of ether oxygens (including phenoxy) is 1. The molecule has 4 rings (SSSR count). The van der Waals surface area contributed by atoms with Crippen LogP contribution in [0.2, 0.25) is 0 Å². The predicted octanol–water partition coefficient (Wildman–Crippen LogP) is 5.36. The smallest absolute Gasteiger partial charge is 0.129 e. The van der Waals surface area contributed by atoms with Gasteiger partial charge in [-0.2, -0.15) is 0 Å². The topological polar surface area (TPSA) is 39.1 Å². The van der Waals surface area contributed by atoms with Gasteiger partial charge < -0.3 is 14.6 Å². The Morgan fingerprint density at radius 3 is 2.67 bits per heavy atom. The van der Waals surface area contributed by atoms with E-state index in [1.54, 1.807) is 18.3 Å². The van der Waals surface area contributed by atoms with Crippen LogP contribution in [0.15, 0.2) is 79.4 Å². The largest absolute Gasteiger partial charge is 0.488 e. The molecule has 6 heteroatoms. The van der Waals surface area contributed by atoms with Gasteiger partial charge in [0.25, 0.3) is 0 Å². The Kier molecular flexibility index (Phi) is 7.82. The molecular weight excluding hydrogens is 401 g/mol. The molecule has 3 aromatic carbocycles. The Morgan fingerprint density at radius 2 is 1.83 bits per heavy atom. The maximum Gasteiger partial charge on any atom is 0.129 e. The quantitative estimate of drug-likeness (QED) is 0.367. The Hall–Kier alpha value is -2.89. The average molecular weight is 426 g/mol. The maximum absolute atomic E-state index is 14.0. The zero-order valence-corrected chi connectivity index (χ0v) is 17.4. The number of aryl methyl sites for hydroxylation is 1. The second-order valence-electron chi connectivity index (χ2n) is 6.97. The predicted molar refractivity (Wildman–Crippen MR) is 120 cm³/mol. The van der Waals surface area contributed by atoms with E-state index in [1.165, 1.54) is 11.5 Å². The van der Waals surface area contributed by atoms with Gasteiger partial charge in [0.05, 0.1) is 6.33 Å². The van der Waals surface area contributed by atoms with Gasteiger partial charge in [-0.15, -0.1) is 12.4 Å². The number of nitrogens with one attached hydrogen (secondary N) is 1. The normalized spacial score (nSPS) is 10.7. The maximum atomic E-state index is 14.0. The van der Waals surface area contributed by atoms with Gasteiger partial charge in [0.1, 0.15) is 18.2 Å². The highest BCUT2D eigenvalue weighted by atomic mass is 35.5. The van der Waals surface area contributed by atoms with Crippen LogP contribution in [0.5, 0.6) is 5.75 Å². The molecule has 0 unspecified atom stereocenters. The molecule has 1 heterocycles. The van der Waals surface area contributed by atoms with E-state index in [0.29, 0.717) is 12.1 Å². The number of aromatic nitrogens is 2. The lowest BCUT2D eigenvalue weighted by molar-refractivity contribution is 0.296. The van der Waals surface area contributed by atoms with Gasteiger partial charge in [0, 0.05) is 36.6 Å². The minimum Gasteiger partial charge on any atom is -0.488 e. The van der Waals surface area contributed by atoms with Crippen molar-refractivity contribution in [2.24, 2.45) is 0 Å². The van der Waals surface area contributed by atoms with Crippen LogP contribution in [-0.2, 0) is 19.7 Å². The van der Waals surface area contributed by atoms with Gasteiger partial charge >= 0.3 is 0 Å². The number of fused-ring (bicyclic) bond motifs is 1. The van der Waals surface area contributed by atoms with Crippen molar-refractivity contribution >= 4 is 23.2 Å². The average Bonchev–Trinajstić information content (AvgIpc) is 3.27. The molecule has 0 aliphatic rings. The third kappa shape index (κ3) is 5.38. The molecular formula is C24H25ClFN3O. The molecule has 0 amide bonds. The van der Waals surface area contributed by atoms with Crippen molar-refractivity contribution in [3.05, 3.63) is 96.3 Å². The Balaban J connectivity index is 0.00000256. The standard InChI is InChI=1S/C24H24FN3O.ClH/c25-23-9-4-2-7-20(23)17-29-24-11-10-19-6-1-3-8-21(19)22(24)16-26-12-5-14-28-15-13-27-18-28;/h1-4,6-11,13,15,18,26H,5,12,14,16-17H2;1H. The summed E-state index contributed by atoms with van der Waals surface area (Å²) in [6.07, 6.45) is 6.61. The third-order valence-electron chi connectivity index (χ3n) is 4.97. The highest BCUT2D eigenvalue weighted by Gasteiger charge is 2.10. The molecule has 156 valence electrons. The van der Waals surface area contributed by atoms with Crippen molar-refractivity contribution in [2.45, 2.75) is 26.1 Å². The summed E-state index contributed by atoms with van der Waals surface area (Å²) in [6.45, 7) is 2.71. The molecule has 30 heavy (non-hydrogen) atoms. The van der Waals surface area contributed by atoms with Crippen molar-refractivity contribution < 1.29 is 9.13 Å². The number of rotatable bonds is 9. The first kappa shape index (κ1) is 21.8. The number of nitrogens with zero attached hydrogens (tertiary/aromatic N) is 2. The molecule has 0 fully saturated rings. The van der Waals surface area contributed by atoms with E-state index in [2.05, 4.69) is 33.1 Å². The second-order valence-corrected chi connectivity index (χ2v) is 6.97. The number of imidazole rings is 1. The van der Waals surface area contributed by atoms with E-state index >= 15 is 0 Å². The zero-order chi connectivity index (χ0) is 19.9. The third-order valence-corrected chi connectivity index (χ3v) is 4.97. The van der Waals surface area contributed by atoms with Gasteiger partial charge in [0.15, 0.2) is 0 Å². The van der Waals surface area contributed by atoms with Crippen LogP contribution in [-0.4, -0.2) is 16.1 Å². The molecule has 1 aromatic heterocycles. The molecule has 0 bridgehead atoms. The Morgan fingerprint density at radius 1 is 1.00 bits per heavy atom. The molecule has 4 aromatic rings. The Bertz CT molecular complexity index is 1070. The minimum absolute atomic E-state index is 0. The number of benzene rings is 3. The van der Waals surface area contributed by atoms with Crippen molar-refractivity contribution in [1.29, 1.82) is 0 Å². The van der Waals surface area contributed by atoms with E-state index < -0.39 is 0 Å². The summed E-state index contributed by atoms with van der Waals surface area (Å²) in [7, 11) is 0. The summed E-state index contributed by atoms with van der Waals surface area (Å²) >= 11 is 0. The highest BCUT2D eigenvalue weighted by molar-refractivity contribution is 5.87. The molecule has 0 saturated heterocycles. The monoisotopic (exact) mass is 425 g/mol. The summed E-state index contributed by atoms with van der Waals surface area (Å²) in [5.41, 5.74) is 1.65. The van der Waals surface area contributed by atoms with Gasteiger partial charge in [-0.05, 0) is 35.9 Å². The van der Waals surface area contributed by atoms with Crippen LogP contribution in [0.4, 0.5) is 4.39 Å². The van der Waals surface area contributed by atoms with E-state index in [-0.39, 0.29) is 24.8 Å². The van der Waals surface area contributed by atoms with Gasteiger partial charge in [-0.1, -0.05) is 48.5 Å². The zero-order valence-electron chi connectivity index (χ0n) is 16.6. The first-order valence-corrected chi connectivity index (χ1v) is 9.84. The number of hydrogen-bond acceptors (Lipinski definition) is 3. The summed E-state index contributed by atoms with van der Waals surface area (Å²) in [5, 5.41) is 5.84. The molecule has 0 saturated carbocycles. The van der Waals surface area contributed by atoms with Crippen LogP contribution >= 0.6 is 12.4 Å². The van der Waals surface area contributed by atoms with Crippen LogP contribution in [0.3, 0.4) is 0 Å². The van der Waals surface area contributed by atoms with Gasteiger partial charge in [-0.3, -0.25) is 0 Å². The van der Waals surface area contributed by atoms with E-state index in [9.17, 15) is 4.39 Å². The number of hydrogen-bond donors (Lipinski definition) is 1. The van der Waals surface area contributed by atoms with Gasteiger partial charge in [0.2, 0.25) is 0 Å². The minimum atomic E-state index is -0.243. The fourth-order valence-electron chi connectivity index (χ4n) is 3.42. The first-order valence-electron chi connectivity index (χ1n) is 9.84. The lowest BCUT2D eigenvalue weighted by atomic mass is 10.0. The summed E-state index contributed by atoms with van der Waals surface area (Å²) < 4.78 is 22.1. The molecule has 0 aliphatic heterocycles. The van der Waals surface area contributed by atoms with Crippen molar-refractivity contribution in [1.82, 2.24) is 14.9 Å². The molecule has 0 spiro atoms. The van der Waals surface area contributed by atoms with E-state index in [4.69, 9.17) is 4.74 Å². The van der Waals surface area contributed by atoms with Crippen LogP contribution < -0.4 is 10.1 Å². The summed E-state index contributed by atoms with van der Waals surface area (Å²) in [5.74, 6) is 0.543. The first-order chi connectivity index (χ1) is 14.3. The lowest BCUT2D eigenvalue weighted by Crippen LogP contribution is -2.17. The molecule has 0 aliphatic carbocycles. The number of halogens is 2. The fraction of sp³-hybridized carbons (Fsp3) is 0.208. The second kappa shape index (κ2) is 10.8. The molecule has 4 nitrogen and oxygen atoms in total. The Labute approximate surface area is 182 Å². The molecule has 0 atom stereocenters. The van der Waals surface area contributed by atoms with Gasteiger partial charge in [-0.25, -0.2) is 9.37 Å². The van der Waals surface area contributed by atoms with Crippen molar-refractivity contribution in [3.8, 4) is 5.75 Å². The fourth-order valence-corrected chi connectivity index (χ4v) is 3.42. The molecule has 0 radical (unpaired) electrons. The van der Waals surface area contributed by atoms with Crippen LogP contribution in [0.1, 0.15) is 17.5 Å². The summed E-state index contributed by atoms with van der Waals surface area (Å²) in [4.78, 5) is 4.07. The summed E-state index contributed by atoms with van der Waals surface area (Å²) in [6, 6.07) is 19.0. The van der Waals surface area contributed by atoms with Crippen molar-refractivity contribution in [3.63, 3.8) is 0 Å². The van der Waals surface area contributed by atoms with E-state index in [1.807, 2.05) is 36.8 Å². The van der Waals surface area contributed by atoms with Crippen LogP contribution in [0, 0.1) is 5.82 Å².